The Bertz CT molecular complexity index is 1240. The number of fused-ring (bicyclic) bond motifs is 1. The number of alkyl halides is 2. The fourth-order valence-electron chi connectivity index (χ4n) is 3.07. The fraction of sp³-hybridized carbons (Fsp3) is 0.200. The van der Waals surface area contributed by atoms with E-state index in [4.69, 9.17) is 5.11 Å². The Morgan fingerprint density at radius 1 is 1.29 bits per heavy atom. The number of imidazole rings is 1. The first-order valence-electron chi connectivity index (χ1n) is 9.31. The predicted octanol–water partition coefficient (Wildman–Crippen LogP) is 3.98. The highest BCUT2D eigenvalue weighted by atomic mass is 32.1. The average Bonchev–Trinajstić information content (AvgIpc) is 3.37. The largest absolute Gasteiger partial charge is 0.395 e. The Hall–Kier alpha value is -3.44. The van der Waals surface area contributed by atoms with E-state index in [2.05, 4.69) is 30.6 Å². The summed E-state index contributed by atoms with van der Waals surface area (Å²) >= 11 is 1.33. The second-order valence-corrected chi connectivity index (χ2v) is 7.89. The van der Waals surface area contributed by atoms with Crippen LogP contribution in [0, 0.1) is 6.92 Å². The van der Waals surface area contributed by atoms with Gasteiger partial charge < -0.3 is 15.4 Å². The molecule has 0 bridgehead atoms. The number of rotatable bonds is 7. The lowest BCUT2D eigenvalue weighted by molar-refractivity contribution is 0.102. The number of anilines is 2. The van der Waals surface area contributed by atoms with Crippen LogP contribution in [0.3, 0.4) is 0 Å². The number of halogens is 2. The molecule has 4 aromatic rings. The number of aromatic nitrogens is 4. The number of amides is 1. The highest BCUT2D eigenvalue weighted by Crippen LogP contribution is 2.33. The third-order valence-corrected chi connectivity index (χ3v) is 5.29. The van der Waals surface area contributed by atoms with Crippen LogP contribution in [-0.2, 0) is 0 Å². The third kappa shape index (κ3) is 4.37. The van der Waals surface area contributed by atoms with Gasteiger partial charge in [-0.25, -0.2) is 18.7 Å². The van der Waals surface area contributed by atoms with E-state index >= 15 is 0 Å². The van der Waals surface area contributed by atoms with Gasteiger partial charge in [0.2, 0.25) is 0 Å². The van der Waals surface area contributed by atoms with Crippen LogP contribution >= 0.6 is 11.3 Å². The molecule has 4 rings (SSSR count). The van der Waals surface area contributed by atoms with E-state index in [1.54, 1.807) is 12.3 Å². The smallest absolute Gasteiger partial charge is 0.264 e. The van der Waals surface area contributed by atoms with Gasteiger partial charge in [-0.2, -0.15) is 0 Å². The van der Waals surface area contributed by atoms with Crippen LogP contribution in [0.2, 0.25) is 0 Å². The lowest BCUT2D eigenvalue weighted by atomic mass is 10.1. The number of aromatic amines is 1. The van der Waals surface area contributed by atoms with Gasteiger partial charge in [0, 0.05) is 40.6 Å². The minimum atomic E-state index is -2.74. The number of aliphatic hydroxyl groups is 1. The highest BCUT2D eigenvalue weighted by molar-refractivity contribution is 7.15. The summed E-state index contributed by atoms with van der Waals surface area (Å²) in [5.41, 5.74) is 1.42. The van der Waals surface area contributed by atoms with Crippen LogP contribution in [0.25, 0.3) is 22.4 Å². The van der Waals surface area contributed by atoms with Crippen LogP contribution < -0.4 is 10.6 Å². The number of pyridine rings is 1. The summed E-state index contributed by atoms with van der Waals surface area (Å²) < 4.78 is 27.4. The lowest BCUT2D eigenvalue weighted by Gasteiger charge is -2.11. The van der Waals surface area contributed by atoms with Gasteiger partial charge in [-0.15, -0.1) is 11.3 Å². The first-order valence-corrected chi connectivity index (χ1v) is 10.1. The SMILES string of the molecule is Cc1cnc(NC(=O)c2cncc3[nH]c(-c4ccc(NCCO)cc4C(F)F)nc23)s1. The van der Waals surface area contributed by atoms with Gasteiger partial charge in [-0.3, -0.25) is 15.1 Å². The molecule has 0 unspecified atom stereocenters. The number of carbonyl (C=O) groups excluding carboxylic acids is 1. The van der Waals surface area contributed by atoms with E-state index in [0.717, 1.165) is 4.88 Å². The van der Waals surface area contributed by atoms with Gasteiger partial charge in [0.15, 0.2) is 5.13 Å². The van der Waals surface area contributed by atoms with Gasteiger partial charge in [-0.05, 0) is 25.1 Å². The number of hydrogen-bond acceptors (Lipinski definition) is 7. The van der Waals surface area contributed by atoms with Crippen molar-refractivity contribution in [2.45, 2.75) is 13.3 Å². The van der Waals surface area contributed by atoms with Gasteiger partial charge in [0.25, 0.3) is 12.3 Å². The summed E-state index contributed by atoms with van der Waals surface area (Å²) in [6, 6.07) is 4.46. The van der Waals surface area contributed by atoms with E-state index in [0.29, 0.717) is 21.9 Å². The summed E-state index contributed by atoms with van der Waals surface area (Å²) in [5, 5.41) is 14.9. The highest BCUT2D eigenvalue weighted by Gasteiger charge is 2.20. The molecule has 3 heterocycles. The zero-order valence-electron chi connectivity index (χ0n) is 16.3. The number of carbonyl (C=O) groups is 1. The first kappa shape index (κ1) is 20.8. The predicted molar refractivity (Wildman–Crippen MR) is 115 cm³/mol. The van der Waals surface area contributed by atoms with E-state index in [-0.39, 0.29) is 35.7 Å². The lowest BCUT2D eigenvalue weighted by Crippen LogP contribution is -2.12. The van der Waals surface area contributed by atoms with Crippen molar-refractivity contribution in [3.05, 3.63) is 52.8 Å². The first-order chi connectivity index (χ1) is 15.0. The fourth-order valence-corrected chi connectivity index (χ4v) is 3.73. The molecule has 8 nitrogen and oxygen atoms in total. The van der Waals surface area contributed by atoms with Crippen LogP contribution in [-0.4, -0.2) is 44.1 Å². The topological polar surface area (TPSA) is 116 Å². The van der Waals surface area contributed by atoms with Gasteiger partial charge >= 0.3 is 0 Å². The van der Waals surface area contributed by atoms with Crippen LogP contribution in [0.4, 0.5) is 19.6 Å². The van der Waals surface area contributed by atoms with Crippen molar-refractivity contribution in [1.29, 1.82) is 0 Å². The summed E-state index contributed by atoms with van der Waals surface area (Å²) in [6.07, 6.45) is 1.76. The Morgan fingerprint density at radius 2 is 2.13 bits per heavy atom. The van der Waals surface area contributed by atoms with Crippen molar-refractivity contribution in [3.8, 4) is 11.4 Å². The number of hydrogen-bond donors (Lipinski definition) is 4. The molecular weight excluding hydrogens is 426 g/mol. The standard InChI is InChI=1S/C20H18F2N6O2S/c1-10-7-25-20(31-10)28-19(30)14-8-23-9-15-16(14)27-18(26-15)12-3-2-11(24-4-5-29)6-13(12)17(21)22/h2-3,6-9,17,24,29H,4-5H2,1H3,(H,26,27)(H,25,28,30). The minimum Gasteiger partial charge on any atom is -0.395 e. The zero-order valence-corrected chi connectivity index (χ0v) is 17.1. The molecule has 11 heteroatoms. The Balaban J connectivity index is 1.71. The van der Waals surface area contributed by atoms with Crippen molar-refractivity contribution in [3.63, 3.8) is 0 Å². The molecule has 160 valence electrons. The van der Waals surface area contributed by atoms with Crippen LogP contribution in [0.1, 0.15) is 27.2 Å². The number of benzene rings is 1. The monoisotopic (exact) mass is 444 g/mol. The second kappa shape index (κ2) is 8.74. The molecule has 0 aliphatic rings. The minimum absolute atomic E-state index is 0.117. The van der Waals surface area contributed by atoms with Crippen LogP contribution in [0.15, 0.2) is 36.8 Å². The van der Waals surface area contributed by atoms with E-state index in [1.165, 1.54) is 35.9 Å². The maximum atomic E-state index is 13.7. The third-order valence-electron chi connectivity index (χ3n) is 4.46. The molecule has 1 aromatic carbocycles. The summed E-state index contributed by atoms with van der Waals surface area (Å²) in [7, 11) is 0. The summed E-state index contributed by atoms with van der Waals surface area (Å²) in [6.45, 7) is 2.00. The number of nitrogens with zero attached hydrogens (tertiary/aromatic N) is 3. The van der Waals surface area contributed by atoms with Crippen molar-refractivity contribution in [2.24, 2.45) is 0 Å². The second-order valence-electron chi connectivity index (χ2n) is 6.65. The Morgan fingerprint density at radius 3 is 2.84 bits per heavy atom. The molecule has 0 saturated carbocycles. The van der Waals surface area contributed by atoms with E-state index in [9.17, 15) is 13.6 Å². The van der Waals surface area contributed by atoms with E-state index in [1.807, 2.05) is 6.92 Å². The molecule has 3 aromatic heterocycles. The zero-order chi connectivity index (χ0) is 22.0. The Kier molecular flexibility index (Phi) is 5.87. The van der Waals surface area contributed by atoms with Gasteiger partial charge in [0.05, 0.1) is 23.9 Å². The number of H-pyrrole nitrogens is 1. The van der Waals surface area contributed by atoms with Gasteiger partial charge in [0.1, 0.15) is 11.3 Å². The Labute approximate surface area is 179 Å². The number of nitrogens with one attached hydrogen (secondary N) is 3. The van der Waals surface area contributed by atoms with Crippen molar-refractivity contribution >= 4 is 39.1 Å². The molecule has 1 amide bonds. The van der Waals surface area contributed by atoms with Crippen molar-refractivity contribution in [2.75, 3.05) is 23.8 Å². The summed E-state index contributed by atoms with van der Waals surface area (Å²) in [5.74, 6) is -0.241. The molecule has 0 spiro atoms. The molecule has 0 atom stereocenters. The molecule has 31 heavy (non-hydrogen) atoms. The molecule has 0 aliphatic heterocycles. The molecule has 0 saturated heterocycles. The molecular formula is C20H18F2N6O2S. The maximum Gasteiger partial charge on any atom is 0.264 e. The van der Waals surface area contributed by atoms with Crippen molar-refractivity contribution in [1.82, 2.24) is 19.9 Å². The molecule has 4 N–H and O–H groups in total. The van der Waals surface area contributed by atoms with Gasteiger partial charge in [-0.1, -0.05) is 0 Å². The number of aryl methyl sites for hydroxylation is 1. The van der Waals surface area contributed by atoms with Crippen molar-refractivity contribution < 1.29 is 18.7 Å². The quantitative estimate of drug-likeness (QED) is 0.343. The molecule has 0 radical (unpaired) electrons. The van der Waals surface area contributed by atoms with E-state index < -0.39 is 12.3 Å². The average molecular weight is 444 g/mol. The number of thiazole rings is 1. The maximum absolute atomic E-state index is 13.7. The summed E-state index contributed by atoms with van der Waals surface area (Å²) in [4.78, 5) is 29.2. The normalized spacial score (nSPS) is 11.3. The number of aliphatic hydroxyl groups excluding tert-OH is 1. The molecule has 0 aliphatic carbocycles. The molecule has 0 fully saturated rings. The van der Waals surface area contributed by atoms with Crippen LogP contribution in [0.5, 0.6) is 0 Å².